The zero-order valence-corrected chi connectivity index (χ0v) is 13.9. The van der Waals surface area contributed by atoms with Gasteiger partial charge in [-0.05, 0) is 24.0 Å². The van der Waals surface area contributed by atoms with Gasteiger partial charge in [-0.15, -0.1) is 11.6 Å². The third-order valence-electron chi connectivity index (χ3n) is 3.76. The summed E-state index contributed by atoms with van der Waals surface area (Å²) in [5.41, 5.74) is 0.278. The second-order valence-electron chi connectivity index (χ2n) is 7.01. The highest BCUT2D eigenvalue weighted by molar-refractivity contribution is 6.95. The van der Waals surface area contributed by atoms with Crippen LogP contribution in [0.3, 0.4) is 0 Å². The normalized spacial score (nSPS) is 25.8. The van der Waals surface area contributed by atoms with E-state index in [1.54, 1.807) is 0 Å². The van der Waals surface area contributed by atoms with Crippen molar-refractivity contribution < 1.29 is 0 Å². The van der Waals surface area contributed by atoms with E-state index < -0.39 is 16.5 Å². The minimum Gasteiger partial charge on any atom is -0.345 e. The predicted octanol–water partition coefficient (Wildman–Crippen LogP) is 3.98. The van der Waals surface area contributed by atoms with Crippen LogP contribution in [0.5, 0.6) is 0 Å². The molecule has 1 heterocycles. The molecule has 0 atom stereocenters. The Bertz CT molecular complexity index is 223. The maximum atomic E-state index is 6.06. The molecular formula is C11H26ClNSi2. The molecule has 0 spiro atoms. The molecule has 1 aliphatic rings. The van der Waals surface area contributed by atoms with Crippen LogP contribution in [0.15, 0.2) is 0 Å². The van der Waals surface area contributed by atoms with Gasteiger partial charge in [-0.25, -0.2) is 0 Å². The largest absolute Gasteiger partial charge is 0.345 e. The van der Waals surface area contributed by atoms with Crippen LogP contribution >= 0.6 is 11.6 Å². The van der Waals surface area contributed by atoms with E-state index in [9.17, 15) is 0 Å². The van der Waals surface area contributed by atoms with Gasteiger partial charge in [0.2, 0.25) is 0 Å². The van der Waals surface area contributed by atoms with Crippen molar-refractivity contribution in [2.45, 2.75) is 52.1 Å². The van der Waals surface area contributed by atoms with Crippen LogP contribution in [0, 0.1) is 5.41 Å². The van der Waals surface area contributed by atoms with Crippen molar-refractivity contribution in [2.75, 3.05) is 12.4 Å². The molecule has 0 saturated carbocycles. The van der Waals surface area contributed by atoms with E-state index in [2.05, 4.69) is 44.3 Å². The van der Waals surface area contributed by atoms with Gasteiger partial charge in [0.25, 0.3) is 0 Å². The summed E-state index contributed by atoms with van der Waals surface area (Å²) in [4.78, 5) is 0. The standard InChI is InChI=1S/C11H26ClNSi2/c1-11(2,9-12)10-13-14(3,4)7-8-15(13,5)6/h7-10H2,1-6H3. The van der Waals surface area contributed by atoms with E-state index in [1.165, 1.54) is 18.6 Å². The Morgan fingerprint density at radius 1 is 1.07 bits per heavy atom. The number of hydrogen-bond donors (Lipinski definition) is 0. The maximum Gasteiger partial charge on any atom is 0.115 e. The highest BCUT2D eigenvalue weighted by atomic mass is 35.5. The van der Waals surface area contributed by atoms with Crippen molar-refractivity contribution in [3.05, 3.63) is 0 Å². The molecule has 0 amide bonds. The van der Waals surface area contributed by atoms with Crippen molar-refractivity contribution in [3.8, 4) is 0 Å². The first kappa shape index (κ1) is 13.7. The lowest BCUT2D eigenvalue weighted by molar-refractivity contribution is 0.351. The lowest BCUT2D eigenvalue weighted by atomic mass is 9.97. The summed E-state index contributed by atoms with van der Waals surface area (Å²) in [5.74, 6) is 0.776. The minimum atomic E-state index is -1.09. The van der Waals surface area contributed by atoms with Crippen LogP contribution in [0.25, 0.3) is 0 Å². The van der Waals surface area contributed by atoms with E-state index in [0.29, 0.717) is 0 Å². The van der Waals surface area contributed by atoms with Crippen LogP contribution < -0.4 is 0 Å². The van der Waals surface area contributed by atoms with Gasteiger partial charge in [-0.2, -0.15) is 0 Å². The molecule has 15 heavy (non-hydrogen) atoms. The molecule has 90 valence electrons. The zero-order chi connectivity index (χ0) is 11.9. The van der Waals surface area contributed by atoms with Crippen LogP contribution in [0.4, 0.5) is 0 Å². The van der Waals surface area contributed by atoms with E-state index in [4.69, 9.17) is 11.6 Å². The van der Waals surface area contributed by atoms with E-state index in [1.807, 2.05) is 0 Å². The molecule has 0 aliphatic carbocycles. The Hall–Kier alpha value is 0.684. The van der Waals surface area contributed by atoms with E-state index >= 15 is 0 Å². The van der Waals surface area contributed by atoms with Crippen LogP contribution in [0.2, 0.25) is 38.3 Å². The monoisotopic (exact) mass is 263 g/mol. The van der Waals surface area contributed by atoms with Crippen molar-refractivity contribution in [1.82, 2.24) is 4.23 Å². The third-order valence-corrected chi connectivity index (χ3v) is 14.8. The summed E-state index contributed by atoms with van der Waals surface area (Å²) in [7, 11) is -2.19. The van der Waals surface area contributed by atoms with Gasteiger partial charge in [0.05, 0.1) is 0 Å². The second kappa shape index (κ2) is 4.17. The Balaban J connectivity index is 2.82. The average molecular weight is 264 g/mol. The van der Waals surface area contributed by atoms with E-state index in [-0.39, 0.29) is 5.41 Å². The molecule has 0 bridgehead atoms. The summed E-state index contributed by atoms with van der Waals surface area (Å²) in [6.45, 7) is 15.9. The molecule has 1 aliphatic heterocycles. The third kappa shape index (κ3) is 3.08. The SMILES string of the molecule is CC(C)(CCl)CN1[Si](C)(C)CC[Si]1(C)C. The topological polar surface area (TPSA) is 3.24 Å². The molecular weight excluding hydrogens is 238 g/mol. The summed E-state index contributed by atoms with van der Waals surface area (Å²) >= 11 is 6.06. The number of rotatable bonds is 3. The van der Waals surface area contributed by atoms with Crippen LogP contribution in [-0.4, -0.2) is 33.1 Å². The number of nitrogens with zero attached hydrogens (tertiary/aromatic N) is 1. The quantitative estimate of drug-likeness (QED) is 0.550. The summed E-state index contributed by atoms with van der Waals surface area (Å²) in [6, 6.07) is 2.98. The molecule has 1 rings (SSSR count). The lowest BCUT2D eigenvalue weighted by Gasteiger charge is -2.43. The highest BCUT2D eigenvalue weighted by Crippen LogP contribution is 2.39. The van der Waals surface area contributed by atoms with Gasteiger partial charge in [0.1, 0.15) is 16.5 Å². The number of halogens is 1. The molecule has 0 radical (unpaired) electrons. The second-order valence-corrected chi connectivity index (χ2v) is 17.1. The summed E-state index contributed by atoms with van der Waals surface area (Å²) < 4.78 is 2.92. The molecule has 0 aromatic carbocycles. The highest BCUT2D eigenvalue weighted by Gasteiger charge is 2.48. The summed E-state index contributed by atoms with van der Waals surface area (Å²) in [5, 5.41) is 0. The first-order valence-electron chi connectivity index (χ1n) is 5.94. The molecule has 0 N–H and O–H groups in total. The van der Waals surface area contributed by atoms with Crippen molar-refractivity contribution in [3.63, 3.8) is 0 Å². The van der Waals surface area contributed by atoms with Gasteiger partial charge in [0.15, 0.2) is 0 Å². The molecule has 1 nitrogen and oxygen atoms in total. The van der Waals surface area contributed by atoms with Gasteiger partial charge in [-0.1, -0.05) is 40.0 Å². The van der Waals surface area contributed by atoms with Crippen LogP contribution in [-0.2, 0) is 0 Å². The van der Waals surface area contributed by atoms with Gasteiger partial charge in [0, 0.05) is 5.88 Å². The van der Waals surface area contributed by atoms with Crippen molar-refractivity contribution in [1.29, 1.82) is 0 Å². The van der Waals surface area contributed by atoms with E-state index in [0.717, 1.165) is 5.88 Å². The van der Waals surface area contributed by atoms with Gasteiger partial charge >= 0.3 is 0 Å². The zero-order valence-electron chi connectivity index (χ0n) is 11.2. The van der Waals surface area contributed by atoms with Crippen molar-refractivity contribution in [2.24, 2.45) is 5.41 Å². The predicted molar refractivity (Wildman–Crippen MR) is 75.8 cm³/mol. The molecule has 4 heteroatoms. The first-order chi connectivity index (χ1) is 6.61. The molecule has 0 unspecified atom stereocenters. The Kier molecular flexibility index (Phi) is 3.82. The summed E-state index contributed by atoms with van der Waals surface area (Å²) in [6.07, 6.45) is 0. The van der Waals surface area contributed by atoms with Gasteiger partial charge in [-0.3, -0.25) is 0 Å². The fourth-order valence-electron chi connectivity index (χ4n) is 2.60. The smallest absolute Gasteiger partial charge is 0.115 e. The first-order valence-corrected chi connectivity index (χ1v) is 12.8. The average Bonchev–Trinajstić information content (AvgIpc) is 2.29. The number of alkyl halides is 1. The molecule has 1 saturated heterocycles. The molecule has 0 aromatic heterocycles. The Labute approximate surface area is 102 Å². The van der Waals surface area contributed by atoms with Crippen molar-refractivity contribution >= 4 is 28.1 Å². The fourth-order valence-corrected chi connectivity index (χ4v) is 17.1. The maximum absolute atomic E-state index is 6.06. The Morgan fingerprint density at radius 3 is 1.80 bits per heavy atom. The molecule has 1 fully saturated rings. The molecule has 0 aromatic rings. The fraction of sp³-hybridized carbons (Fsp3) is 1.00. The number of hydrogen-bond acceptors (Lipinski definition) is 1. The van der Waals surface area contributed by atoms with Gasteiger partial charge < -0.3 is 4.23 Å². The van der Waals surface area contributed by atoms with Crippen LogP contribution in [0.1, 0.15) is 13.8 Å². The Morgan fingerprint density at radius 2 is 1.47 bits per heavy atom. The lowest BCUT2D eigenvalue weighted by Crippen LogP contribution is -2.57. The minimum absolute atomic E-state index is 0.278.